The van der Waals surface area contributed by atoms with Gasteiger partial charge in [-0.3, -0.25) is 24.0 Å². The van der Waals surface area contributed by atoms with Gasteiger partial charge in [-0.25, -0.2) is 4.79 Å². The molecule has 0 aromatic rings. The molecule has 2 unspecified atom stereocenters. The van der Waals surface area contributed by atoms with E-state index >= 15 is 0 Å². The summed E-state index contributed by atoms with van der Waals surface area (Å²) < 4.78 is 10.5. The lowest BCUT2D eigenvalue weighted by Crippen LogP contribution is -2.59. The van der Waals surface area contributed by atoms with Crippen LogP contribution in [0.25, 0.3) is 0 Å². The molecule has 3 atom stereocenters. The largest absolute Gasteiger partial charge is 0.460 e. The van der Waals surface area contributed by atoms with Crippen molar-refractivity contribution >= 4 is 35.6 Å². The van der Waals surface area contributed by atoms with Gasteiger partial charge in [0, 0.05) is 13.1 Å². The number of likely N-dealkylation sites (tertiary alicyclic amines) is 1. The van der Waals surface area contributed by atoms with Gasteiger partial charge in [0.15, 0.2) is 0 Å². The van der Waals surface area contributed by atoms with Gasteiger partial charge in [0.05, 0.1) is 12.5 Å². The molecule has 1 saturated heterocycles. The van der Waals surface area contributed by atoms with E-state index in [1.165, 1.54) is 4.90 Å². The predicted molar refractivity (Wildman–Crippen MR) is 157 cm³/mol. The molecule has 1 fully saturated rings. The number of amides is 4. The van der Waals surface area contributed by atoms with Crippen LogP contribution in [0.5, 0.6) is 0 Å². The average Bonchev–Trinajstić information content (AvgIpc) is 3.31. The number of nitrogens with zero attached hydrogens (tertiary/aromatic N) is 1. The summed E-state index contributed by atoms with van der Waals surface area (Å²) >= 11 is 0. The maximum absolute atomic E-state index is 13.7. The topological polar surface area (TPSA) is 160 Å². The lowest BCUT2D eigenvalue weighted by atomic mass is 9.85. The molecule has 0 aliphatic carbocycles. The molecule has 12 nitrogen and oxygen atoms in total. The van der Waals surface area contributed by atoms with E-state index in [9.17, 15) is 28.8 Å². The number of hydrogen-bond donors (Lipinski definition) is 3. The van der Waals surface area contributed by atoms with E-state index in [1.54, 1.807) is 68.4 Å². The van der Waals surface area contributed by atoms with E-state index < -0.39 is 70.3 Å². The van der Waals surface area contributed by atoms with Crippen molar-refractivity contribution in [3.05, 3.63) is 12.7 Å². The molecule has 1 rings (SSSR count). The van der Waals surface area contributed by atoms with Crippen LogP contribution in [-0.4, -0.2) is 82.9 Å². The summed E-state index contributed by atoms with van der Waals surface area (Å²) in [6, 6.07) is -3.03. The summed E-state index contributed by atoms with van der Waals surface area (Å²) in [7, 11) is 0. The summed E-state index contributed by atoms with van der Waals surface area (Å²) in [4.78, 5) is 78.4. The Morgan fingerprint density at radius 3 is 2.05 bits per heavy atom. The molecule has 0 aromatic carbocycles. The highest BCUT2D eigenvalue weighted by Crippen LogP contribution is 2.26. The van der Waals surface area contributed by atoms with Crippen LogP contribution in [0.2, 0.25) is 0 Å². The minimum Gasteiger partial charge on any atom is -0.460 e. The van der Waals surface area contributed by atoms with Gasteiger partial charge in [0.1, 0.15) is 23.3 Å². The Bertz CT molecular complexity index is 1020. The number of nitrogens with one attached hydrogen (secondary N) is 3. The number of allylic oxidation sites excluding steroid dienone is 1. The number of hydrogen-bond acceptors (Lipinski definition) is 8. The van der Waals surface area contributed by atoms with E-state index in [-0.39, 0.29) is 25.9 Å². The lowest BCUT2D eigenvalue weighted by molar-refractivity contribution is -0.154. The van der Waals surface area contributed by atoms with E-state index in [0.29, 0.717) is 19.3 Å². The Labute approximate surface area is 249 Å². The molecular formula is C30H50N4O8. The number of Topliss-reactive ketones (excluding diaryl/α,β-unsaturated/α-hetero) is 1. The molecule has 0 radical (unpaired) electrons. The number of alkyl carbamates (subject to hydrolysis) is 1. The van der Waals surface area contributed by atoms with Crippen LogP contribution < -0.4 is 16.0 Å². The number of carbonyl (C=O) groups excluding carboxylic acids is 6. The zero-order valence-corrected chi connectivity index (χ0v) is 26.7. The molecule has 0 aromatic heterocycles. The average molecular weight is 595 g/mol. The molecule has 42 heavy (non-hydrogen) atoms. The second-order valence-electron chi connectivity index (χ2n) is 13.5. The zero-order valence-electron chi connectivity index (χ0n) is 26.7. The van der Waals surface area contributed by atoms with Crippen molar-refractivity contribution in [3.8, 4) is 0 Å². The van der Waals surface area contributed by atoms with Crippen LogP contribution in [0, 0.1) is 5.41 Å². The third kappa shape index (κ3) is 12.6. The zero-order chi connectivity index (χ0) is 32.5. The Morgan fingerprint density at radius 1 is 0.929 bits per heavy atom. The van der Waals surface area contributed by atoms with Crippen molar-refractivity contribution < 1.29 is 38.2 Å². The van der Waals surface area contributed by atoms with Crippen molar-refractivity contribution in [3.63, 3.8) is 0 Å². The molecule has 0 bridgehead atoms. The maximum atomic E-state index is 13.7. The van der Waals surface area contributed by atoms with E-state index in [2.05, 4.69) is 22.5 Å². The van der Waals surface area contributed by atoms with Crippen molar-refractivity contribution in [1.29, 1.82) is 0 Å². The van der Waals surface area contributed by atoms with Gasteiger partial charge < -0.3 is 30.3 Å². The standard InChI is InChI=1S/C30H50N4O8/c1-11-12-14-19(22(36)25(38)31-17-16-21(35)41-29(5,6)7)32-24(37)20-15-13-18-34(20)26(39)23(28(2,3)4)33-27(40)42-30(8,9)10/h11,19-20,23H,1,12-18H2,2-10H3,(H,31,38)(H,32,37)(H,33,40)/t19?,20-,23?/m0/s1. The smallest absolute Gasteiger partial charge is 0.408 e. The van der Waals surface area contributed by atoms with Crippen LogP contribution in [0.15, 0.2) is 12.7 Å². The molecule has 0 spiro atoms. The highest BCUT2D eigenvalue weighted by molar-refractivity contribution is 6.38. The van der Waals surface area contributed by atoms with E-state index in [1.807, 2.05) is 0 Å². The fraction of sp³-hybridized carbons (Fsp3) is 0.733. The van der Waals surface area contributed by atoms with Crippen molar-refractivity contribution in [1.82, 2.24) is 20.9 Å². The van der Waals surface area contributed by atoms with E-state index in [4.69, 9.17) is 9.47 Å². The second kappa shape index (κ2) is 15.2. The third-order valence-electron chi connectivity index (χ3n) is 6.16. The highest BCUT2D eigenvalue weighted by atomic mass is 16.6. The second-order valence-corrected chi connectivity index (χ2v) is 13.5. The maximum Gasteiger partial charge on any atom is 0.408 e. The Kier molecular flexibility index (Phi) is 13.2. The first-order valence-corrected chi connectivity index (χ1v) is 14.4. The first-order valence-electron chi connectivity index (χ1n) is 14.4. The Morgan fingerprint density at radius 2 is 1.52 bits per heavy atom. The Hall–Kier alpha value is -3.44. The van der Waals surface area contributed by atoms with Crippen LogP contribution >= 0.6 is 0 Å². The fourth-order valence-electron chi connectivity index (χ4n) is 4.28. The van der Waals surface area contributed by atoms with Crippen molar-refractivity contribution in [2.24, 2.45) is 5.41 Å². The molecule has 3 N–H and O–H groups in total. The summed E-state index contributed by atoms with van der Waals surface area (Å²) in [5, 5.41) is 7.71. The highest BCUT2D eigenvalue weighted by Gasteiger charge is 2.43. The molecular weight excluding hydrogens is 544 g/mol. The minimum absolute atomic E-state index is 0.106. The normalized spacial score (nSPS) is 17.0. The number of carbonyl (C=O) groups is 6. The molecule has 1 aliphatic rings. The number of ether oxygens (including phenoxy) is 2. The number of ketones is 1. The predicted octanol–water partition coefficient (Wildman–Crippen LogP) is 2.78. The first-order chi connectivity index (χ1) is 19.2. The van der Waals surface area contributed by atoms with Crippen LogP contribution in [-0.2, 0) is 33.4 Å². The van der Waals surface area contributed by atoms with E-state index in [0.717, 1.165) is 0 Å². The fourth-order valence-corrected chi connectivity index (χ4v) is 4.28. The van der Waals surface area contributed by atoms with Gasteiger partial charge in [-0.15, -0.1) is 6.58 Å². The quantitative estimate of drug-likeness (QED) is 0.177. The van der Waals surface area contributed by atoms with Crippen LogP contribution in [0.3, 0.4) is 0 Å². The van der Waals surface area contributed by atoms with Gasteiger partial charge in [0.2, 0.25) is 17.6 Å². The summed E-state index contributed by atoms with van der Waals surface area (Å²) in [5.41, 5.74) is -2.14. The minimum atomic E-state index is -1.16. The van der Waals surface area contributed by atoms with Crippen molar-refractivity contribution in [2.45, 2.75) is 124 Å². The lowest BCUT2D eigenvalue weighted by Gasteiger charge is -2.36. The van der Waals surface area contributed by atoms with Crippen LogP contribution in [0.4, 0.5) is 4.79 Å². The molecule has 1 heterocycles. The summed E-state index contributed by atoms with van der Waals surface area (Å²) in [6.45, 7) is 19.5. The number of rotatable bonds is 12. The van der Waals surface area contributed by atoms with Gasteiger partial charge in [-0.1, -0.05) is 26.8 Å². The van der Waals surface area contributed by atoms with Crippen LogP contribution in [0.1, 0.15) is 94.4 Å². The van der Waals surface area contributed by atoms with Gasteiger partial charge in [-0.2, -0.15) is 0 Å². The monoisotopic (exact) mass is 594 g/mol. The molecule has 12 heteroatoms. The van der Waals surface area contributed by atoms with Gasteiger partial charge in [-0.05, 0) is 72.6 Å². The number of esters is 1. The molecule has 238 valence electrons. The summed E-state index contributed by atoms with van der Waals surface area (Å²) in [6.07, 6.45) is 2.07. The third-order valence-corrected chi connectivity index (χ3v) is 6.16. The molecule has 4 amide bonds. The SMILES string of the molecule is C=CCCC(NC(=O)[C@@H]1CCCN1C(=O)C(NC(=O)OC(C)(C)C)C(C)(C)C)C(=O)C(=O)NCCC(=O)OC(C)(C)C. The first kappa shape index (κ1) is 36.6. The van der Waals surface area contributed by atoms with Gasteiger partial charge in [0.25, 0.3) is 5.91 Å². The van der Waals surface area contributed by atoms with Crippen molar-refractivity contribution in [2.75, 3.05) is 13.1 Å². The molecule has 1 aliphatic heterocycles. The summed E-state index contributed by atoms with van der Waals surface area (Å²) in [5.74, 6) is -3.35. The molecule has 0 saturated carbocycles. The van der Waals surface area contributed by atoms with Gasteiger partial charge >= 0.3 is 12.1 Å². The Balaban J connectivity index is 2.97.